The molecule has 1 aliphatic heterocycles. The summed E-state index contributed by atoms with van der Waals surface area (Å²) in [6, 6.07) is 21.8. The molecule has 5 nitrogen and oxygen atoms in total. The molecule has 1 N–H and O–H groups in total. The SMILES string of the molecule is C=CCN1c2ccccc2C(c2ccccc2)=C(C(=O)Nc2ccc(C)c(C)c2)S1(=O)=O. The molecule has 0 radical (unpaired) electrons. The molecule has 0 spiro atoms. The standard InChI is InChI=1S/C26H24N2O3S/c1-4-16-28-23-13-9-8-12-22(23)24(20-10-6-5-7-11-20)25(32(28,30)31)26(29)27-21-15-14-18(2)19(3)17-21/h4-15,17H,1,16H2,2-3H3,(H,27,29). The molecule has 0 aromatic heterocycles. The van der Waals surface area contributed by atoms with Crippen LogP contribution in [0.3, 0.4) is 0 Å². The van der Waals surface area contributed by atoms with E-state index in [1.165, 1.54) is 10.4 Å². The lowest BCUT2D eigenvalue weighted by molar-refractivity contribution is -0.112. The average molecular weight is 445 g/mol. The molecule has 0 fully saturated rings. The number of amides is 1. The van der Waals surface area contributed by atoms with Crippen LogP contribution in [0.1, 0.15) is 22.3 Å². The van der Waals surface area contributed by atoms with E-state index in [-0.39, 0.29) is 11.4 Å². The highest BCUT2D eigenvalue weighted by molar-refractivity contribution is 7.97. The lowest BCUT2D eigenvalue weighted by atomic mass is 9.95. The summed E-state index contributed by atoms with van der Waals surface area (Å²) in [5, 5.41) is 2.80. The number of sulfonamides is 1. The van der Waals surface area contributed by atoms with Gasteiger partial charge in [0.25, 0.3) is 15.9 Å². The van der Waals surface area contributed by atoms with Crippen molar-refractivity contribution in [2.45, 2.75) is 13.8 Å². The number of nitrogens with zero attached hydrogens (tertiary/aromatic N) is 1. The van der Waals surface area contributed by atoms with Crippen molar-refractivity contribution in [3.63, 3.8) is 0 Å². The van der Waals surface area contributed by atoms with Crippen LogP contribution < -0.4 is 9.62 Å². The van der Waals surface area contributed by atoms with E-state index in [0.29, 0.717) is 28.1 Å². The molecule has 32 heavy (non-hydrogen) atoms. The first kappa shape index (κ1) is 21.6. The van der Waals surface area contributed by atoms with Crippen molar-refractivity contribution in [1.29, 1.82) is 0 Å². The molecule has 3 aromatic rings. The van der Waals surface area contributed by atoms with Gasteiger partial charge in [-0.3, -0.25) is 9.10 Å². The number of fused-ring (bicyclic) bond motifs is 1. The second-order valence-corrected chi connectivity index (χ2v) is 9.46. The molecule has 1 aliphatic rings. The van der Waals surface area contributed by atoms with Gasteiger partial charge >= 0.3 is 0 Å². The average Bonchev–Trinajstić information content (AvgIpc) is 2.78. The summed E-state index contributed by atoms with van der Waals surface area (Å²) >= 11 is 0. The Labute approximate surface area is 188 Å². The quantitative estimate of drug-likeness (QED) is 0.561. The molecule has 1 amide bonds. The molecule has 0 saturated carbocycles. The molecular weight excluding hydrogens is 420 g/mol. The predicted molar refractivity (Wildman–Crippen MR) is 130 cm³/mol. The largest absolute Gasteiger partial charge is 0.321 e. The Hall–Kier alpha value is -3.64. The number of para-hydroxylation sites is 1. The second kappa shape index (κ2) is 8.48. The van der Waals surface area contributed by atoms with Gasteiger partial charge in [-0.15, -0.1) is 6.58 Å². The maximum absolute atomic E-state index is 13.8. The Kier molecular flexibility index (Phi) is 5.72. The van der Waals surface area contributed by atoms with Crippen molar-refractivity contribution < 1.29 is 13.2 Å². The lowest BCUT2D eigenvalue weighted by Crippen LogP contribution is -2.39. The highest BCUT2D eigenvalue weighted by Crippen LogP contribution is 2.42. The summed E-state index contributed by atoms with van der Waals surface area (Å²) in [6.07, 6.45) is 1.51. The van der Waals surface area contributed by atoms with Gasteiger partial charge in [0.15, 0.2) is 4.91 Å². The van der Waals surface area contributed by atoms with E-state index in [4.69, 9.17) is 0 Å². The molecule has 4 rings (SSSR count). The van der Waals surface area contributed by atoms with Gasteiger partial charge in [0.05, 0.1) is 12.2 Å². The Morgan fingerprint density at radius 2 is 1.66 bits per heavy atom. The van der Waals surface area contributed by atoms with Gasteiger partial charge in [-0.25, -0.2) is 8.42 Å². The molecule has 6 heteroatoms. The highest BCUT2D eigenvalue weighted by atomic mass is 32.2. The fourth-order valence-corrected chi connectivity index (χ4v) is 5.55. The predicted octanol–water partition coefficient (Wildman–Crippen LogP) is 5.04. The van der Waals surface area contributed by atoms with E-state index in [1.807, 2.05) is 68.4 Å². The fourth-order valence-electron chi connectivity index (χ4n) is 3.84. The zero-order chi connectivity index (χ0) is 22.9. The normalized spacial score (nSPS) is 14.6. The summed E-state index contributed by atoms with van der Waals surface area (Å²) in [4.78, 5) is 13.2. The van der Waals surface area contributed by atoms with Crippen LogP contribution in [0.4, 0.5) is 11.4 Å². The lowest BCUT2D eigenvalue weighted by Gasteiger charge is -2.32. The van der Waals surface area contributed by atoms with Crippen molar-refractivity contribution in [1.82, 2.24) is 0 Å². The molecule has 1 heterocycles. The van der Waals surface area contributed by atoms with Gasteiger partial charge in [-0.1, -0.05) is 60.7 Å². The van der Waals surface area contributed by atoms with Crippen LogP contribution in [-0.4, -0.2) is 20.9 Å². The van der Waals surface area contributed by atoms with E-state index < -0.39 is 15.9 Å². The first-order chi connectivity index (χ1) is 15.3. The van der Waals surface area contributed by atoms with Crippen LogP contribution >= 0.6 is 0 Å². The number of benzene rings is 3. The number of carbonyl (C=O) groups is 1. The zero-order valence-corrected chi connectivity index (χ0v) is 18.8. The van der Waals surface area contributed by atoms with Crippen molar-refractivity contribution >= 4 is 32.9 Å². The molecule has 3 aromatic carbocycles. The molecule has 0 bridgehead atoms. The topological polar surface area (TPSA) is 66.5 Å². The summed E-state index contributed by atoms with van der Waals surface area (Å²) in [5.41, 5.74) is 4.89. The third-order valence-corrected chi connectivity index (χ3v) is 7.38. The molecular formula is C26H24N2O3S. The van der Waals surface area contributed by atoms with Gasteiger partial charge in [-0.05, 0) is 48.7 Å². The van der Waals surface area contributed by atoms with Crippen LogP contribution in [-0.2, 0) is 14.8 Å². The Balaban J connectivity index is 1.97. The monoisotopic (exact) mass is 444 g/mol. The Morgan fingerprint density at radius 1 is 0.969 bits per heavy atom. The fraction of sp³-hybridized carbons (Fsp3) is 0.115. The number of hydrogen-bond donors (Lipinski definition) is 1. The van der Waals surface area contributed by atoms with Gasteiger partial charge in [0, 0.05) is 16.8 Å². The highest BCUT2D eigenvalue weighted by Gasteiger charge is 2.40. The summed E-state index contributed by atoms with van der Waals surface area (Å²) in [6.45, 7) is 7.68. The summed E-state index contributed by atoms with van der Waals surface area (Å²) < 4.78 is 28.8. The van der Waals surface area contributed by atoms with Gasteiger partial charge in [-0.2, -0.15) is 0 Å². The minimum absolute atomic E-state index is 0.0574. The third kappa shape index (κ3) is 3.74. The van der Waals surface area contributed by atoms with Crippen molar-refractivity contribution in [3.05, 3.63) is 113 Å². The Bertz CT molecular complexity index is 1340. The first-order valence-electron chi connectivity index (χ1n) is 10.3. The van der Waals surface area contributed by atoms with E-state index in [0.717, 1.165) is 11.1 Å². The van der Waals surface area contributed by atoms with E-state index in [1.54, 1.807) is 18.2 Å². The minimum Gasteiger partial charge on any atom is -0.321 e. The zero-order valence-electron chi connectivity index (χ0n) is 18.0. The molecule has 0 saturated heterocycles. The second-order valence-electron chi connectivity index (χ2n) is 7.67. The maximum atomic E-state index is 13.8. The van der Waals surface area contributed by atoms with Crippen molar-refractivity contribution in [2.24, 2.45) is 0 Å². The van der Waals surface area contributed by atoms with Crippen molar-refractivity contribution in [3.8, 4) is 0 Å². The molecule has 162 valence electrons. The molecule has 0 unspecified atom stereocenters. The minimum atomic E-state index is -4.15. The number of hydrogen-bond acceptors (Lipinski definition) is 3. The summed E-state index contributed by atoms with van der Waals surface area (Å²) in [5.74, 6) is -0.671. The molecule has 0 aliphatic carbocycles. The first-order valence-corrected chi connectivity index (χ1v) is 11.7. The van der Waals surface area contributed by atoms with Gasteiger partial charge < -0.3 is 5.32 Å². The number of aryl methyl sites for hydroxylation is 2. The van der Waals surface area contributed by atoms with E-state index in [9.17, 15) is 13.2 Å². The van der Waals surface area contributed by atoms with Crippen LogP contribution in [0.2, 0.25) is 0 Å². The Morgan fingerprint density at radius 3 is 2.34 bits per heavy atom. The smallest absolute Gasteiger partial charge is 0.270 e. The number of nitrogens with one attached hydrogen (secondary N) is 1. The van der Waals surface area contributed by atoms with Crippen LogP contribution in [0.15, 0.2) is 90.4 Å². The van der Waals surface area contributed by atoms with Crippen LogP contribution in [0, 0.1) is 13.8 Å². The number of rotatable bonds is 5. The number of anilines is 2. The van der Waals surface area contributed by atoms with Gasteiger partial charge in [0.2, 0.25) is 0 Å². The van der Waals surface area contributed by atoms with E-state index in [2.05, 4.69) is 11.9 Å². The summed E-state index contributed by atoms with van der Waals surface area (Å²) in [7, 11) is -4.15. The third-order valence-electron chi connectivity index (χ3n) is 5.55. The van der Waals surface area contributed by atoms with Crippen molar-refractivity contribution in [2.75, 3.05) is 16.2 Å². The van der Waals surface area contributed by atoms with Crippen LogP contribution in [0.5, 0.6) is 0 Å². The molecule has 0 atom stereocenters. The van der Waals surface area contributed by atoms with Gasteiger partial charge in [0.1, 0.15) is 0 Å². The maximum Gasteiger partial charge on any atom is 0.270 e. The van der Waals surface area contributed by atoms with Crippen LogP contribution in [0.25, 0.3) is 5.57 Å². The van der Waals surface area contributed by atoms with E-state index >= 15 is 0 Å². The number of carbonyl (C=O) groups excluding carboxylic acids is 1.